The van der Waals surface area contributed by atoms with E-state index >= 15 is 0 Å². The Morgan fingerprint density at radius 3 is 2.78 bits per heavy atom. The number of carbonyl (C=O) groups excluding carboxylic acids is 1. The minimum Gasteiger partial charge on any atom is -0.444 e. The minimum atomic E-state index is -0.460. The number of pyridine rings is 1. The van der Waals surface area contributed by atoms with Crippen LogP contribution in [0.3, 0.4) is 0 Å². The van der Waals surface area contributed by atoms with Gasteiger partial charge >= 0.3 is 6.09 Å². The molecule has 124 valence electrons. The van der Waals surface area contributed by atoms with E-state index in [2.05, 4.69) is 15.3 Å². The number of rotatable bonds is 2. The molecule has 0 bridgehead atoms. The van der Waals surface area contributed by atoms with Gasteiger partial charge in [-0.15, -0.1) is 0 Å². The molecule has 1 saturated heterocycles. The van der Waals surface area contributed by atoms with E-state index in [0.29, 0.717) is 24.7 Å². The van der Waals surface area contributed by atoms with Gasteiger partial charge in [-0.3, -0.25) is 4.98 Å². The van der Waals surface area contributed by atoms with Crippen LogP contribution in [-0.2, 0) is 4.74 Å². The van der Waals surface area contributed by atoms with Crippen molar-refractivity contribution in [1.82, 2.24) is 14.9 Å². The van der Waals surface area contributed by atoms with E-state index in [1.807, 2.05) is 26.8 Å². The van der Waals surface area contributed by atoms with Crippen molar-refractivity contribution in [2.75, 3.05) is 18.4 Å². The van der Waals surface area contributed by atoms with Crippen molar-refractivity contribution in [3.05, 3.63) is 18.5 Å². The van der Waals surface area contributed by atoms with Crippen LogP contribution in [0, 0.1) is 0 Å². The lowest BCUT2D eigenvalue weighted by atomic mass is 10.1. The van der Waals surface area contributed by atoms with Crippen molar-refractivity contribution in [2.45, 2.75) is 45.3 Å². The van der Waals surface area contributed by atoms with Crippen LogP contribution in [0.25, 0.3) is 11.1 Å². The molecule has 7 nitrogen and oxygen atoms in total. The highest BCUT2D eigenvalue weighted by Gasteiger charge is 2.27. The summed E-state index contributed by atoms with van der Waals surface area (Å²) < 4.78 is 11.0. The molecule has 0 saturated carbocycles. The van der Waals surface area contributed by atoms with Gasteiger partial charge in [-0.2, -0.15) is 4.98 Å². The van der Waals surface area contributed by atoms with E-state index in [-0.39, 0.29) is 12.1 Å². The van der Waals surface area contributed by atoms with Crippen LogP contribution in [0.15, 0.2) is 22.9 Å². The van der Waals surface area contributed by atoms with Gasteiger partial charge in [0.15, 0.2) is 5.58 Å². The van der Waals surface area contributed by atoms with E-state index in [4.69, 9.17) is 9.15 Å². The molecular formula is C16H22N4O3. The highest BCUT2D eigenvalue weighted by molar-refractivity contribution is 5.73. The standard InChI is InChI=1S/C16H22N4O3/c1-16(2,3)23-15(21)20-8-5-11(6-9-20)18-14-19-12-4-7-17-10-13(12)22-14/h4,7,10-11H,5-6,8-9H2,1-3H3,(H,18,19). The Bertz CT molecular complexity index is 651. The molecule has 3 heterocycles. The Kier molecular flexibility index (Phi) is 4.11. The van der Waals surface area contributed by atoms with Crippen LogP contribution in [0.1, 0.15) is 33.6 Å². The summed E-state index contributed by atoms with van der Waals surface area (Å²) in [5.74, 6) is 0. The number of anilines is 1. The van der Waals surface area contributed by atoms with Crippen LogP contribution in [0.5, 0.6) is 0 Å². The number of hydrogen-bond acceptors (Lipinski definition) is 6. The summed E-state index contributed by atoms with van der Waals surface area (Å²) in [5.41, 5.74) is 0.994. The second-order valence-corrected chi connectivity index (χ2v) is 6.75. The second kappa shape index (κ2) is 6.06. The van der Waals surface area contributed by atoms with E-state index in [0.717, 1.165) is 18.4 Å². The number of likely N-dealkylation sites (tertiary alicyclic amines) is 1. The van der Waals surface area contributed by atoms with Gasteiger partial charge in [-0.25, -0.2) is 4.79 Å². The molecule has 0 unspecified atom stereocenters. The summed E-state index contributed by atoms with van der Waals surface area (Å²) >= 11 is 0. The number of fused-ring (bicyclic) bond motifs is 1. The maximum Gasteiger partial charge on any atom is 0.410 e. The van der Waals surface area contributed by atoms with Crippen LogP contribution in [-0.4, -0.2) is 45.7 Å². The number of carbonyl (C=O) groups is 1. The first-order valence-electron chi connectivity index (χ1n) is 7.86. The maximum absolute atomic E-state index is 12.0. The maximum atomic E-state index is 12.0. The van der Waals surface area contributed by atoms with Gasteiger partial charge in [0, 0.05) is 25.3 Å². The van der Waals surface area contributed by atoms with Crippen molar-refractivity contribution in [2.24, 2.45) is 0 Å². The zero-order valence-corrected chi connectivity index (χ0v) is 13.7. The lowest BCUT2D eigenvalue weighted by molar-refractivity contribution is 0.0210. The first kappa shape index (κ1) is 15.6. The molecule has 23 heavy (non-hydrogen) atoms. The SMILES string of the molecule is CC(C)(C)OC(=O)N1CCC(Nc2nc3ccncc3o2)CC1. The fourth-order valence-electron chi connectivity index (χ4n) is 2.55. The lowest BCUT2D eigenvalue weighted by Crippen LogP contribution is -2.44. The number of ether oxygens (including phenoxy) is 1. The third kappa shape index (κ3) is 3.91. The van der Waals surface area contributed by atoms with Gasteiger partial charge in [0.2, 0.25) is 0 Å². The smallest absolute Gasteiger partial charge is 0.410 e. The van der Waals surface area contributed by atoms with E-state index in [1.54, 1.807) is 17.3 Å². The van der Waals surface area contributed by atoms with Crippen LogP contribution in [0.2, 0.25) is 0 Å². The Labute approximate surface area is 135 Å². The molecule has 1 aliphatic rings. The normalized spacial score (nSPS) is 16.6. The zero-order chi connectivity index (χ0) is 16.4. The summed E-state index contributed by atoms with van der Waals surface area (Å²) in [5, 5.41) is 3.29. The molecule has 0 atom stereocenters. The Morgan fingerprint density at radius 2 is 2.13 bits per heavy atom. The van der Waals surface area contributed by atoms with E-state index in [1.165, 1.54) is 0 Å². The highest BCUT2D eigenvalue weighted by atomic mass is 16.6. The third-order valence-electron chi connectivity index (χ3n) is 3.67. The monoisotopic (exact) mass is 318 g/mol. The molecule has 2 aromatic rings. The molecule has 1 N–H and O–H groups in total. The quantitative estimate of drug-likeness (QED) is 0.916. The Morgan fingerprint density at radius 1 is 1.39 bits per heavy atom. The van der Waals surface area contributed by atoms with Gasteiger partial charge in [0.25, 0.3) is 6.01 Å². The fraction of sp³-hybridized carbons (Fsp3) is 0.562. The predicted octanol–water partition coefficient (Wildman–Crippen LogP) is 3.03. The average Bonchev–Trinajstić information content (AvgIpc) is 2.88. The van der Waals surface area contributed by atoms with Crippen LogP contribution >= 0.6 is 0 Å². The summed E-state index contributed by atoms with van der Waals surface area (Å²) in [6.07, 6.45) is 4.75. The summed E-state index contributed by atoms with van der Waals surface area (Å²) in [6, 6.07) is 2.55. The molecule has 1 aliphatic heterocycles. The van der Waals surface area contributed by atoms with Gasteiger partial charge in [-0.05, 0) is 39.7 Å². The molecule has 3 rings (SSSR count). The highest BCUT2D eigenvalue weighted by Crippen LogP contribution is 2.21. The van der Waals surface area contributed by atoms with E-state index in [9.17, 15) is 4.79 Å². The molecule has 2 aromatic heterocycles. The number of nitrogens with one attached hydrogen (secondary N) is 1. The first-order valence-corrected chi connectivity index (χ1v) is 7.86. The molecular weight excluding hydrogens is 296 g/mol. The molecule has 0 aliphatic carbocycles. The van der Waals surface area contributed by atoms with Crippen molar-refractivity contribution in [3.8, 4) is 0 Å². The van der Waals surface area contributed by atoms with Crippen LogP contribution < -0.4 is 5.32 Å². The predicted molar refractivity (Wildman–Crippen MR) is 86.3 cm³/mol. The first-order chi connectivity index (χ1) is 10.9. The summed E-state index contributed by atoms with van der Waals surface area (Å²) in [4.78, 5) is 22.2. The molecule has 0 radical (unpaired) electrons. The van der Waals surface area contributed by atoms with Crippen molar-refractivity contribution in [3.63, 3.8) is 0 Å². The van der Waals surface area contributed by atoms with E-state index < -0.39 is 5.60 Å². The summed E-state index contributed by atoms with van der Waals surface area (Å²) in [7, 11) is 0. The Hall–Kier alpha value is -2.31. The number of amides is 1. The number of aromatic nitrogens is 2. The fourth-order valence-corrected chi connectivity index (χ4v) is 2.55. The largest absolute Gasteiger partial charge is 0.444 e. The summed E-state index contributed by atoms with van der Waals surface area (Å²) in [6.45, 7) is 6.95. The molecule has 1 amide bonds. The number of hydrogen-bond donors (Lipinski definition) is 1. The molecule has 7 heteroatoms. The van der Waals surface area contributed by atoms with Crippen molar-refractivity contribution in [1.29, 1.82) is 0 Å². The lowest BCUT2D eigenvalue weighted by Gasteiger charge is -2.33. The second-order valence-electron chi connectivity index (χ2n) is 6.75. The molecule has 0 aromatic carbocycles. The number of oxazole rings is 1. The van der Waals surface area contributed by atoms with Gasteiger partial charge in [0.05, 0.1) is 6.20 Å². The Balaban J connectivity index is 1.54. The number of nitrogens with zero attached hydrogens (tertiary/aromatic N) is 3. The van der Waals surface area contributed by atoms with Crippen molar-refractivity contribution >= 4 is 23.2 Å². The van der Waals surface area contributed by atoms with Gasteiger partial charge < -0.3 is 19.4 Å². The number of piperidine rings is 1. The van der Waals surface area contributed by atoms with Gasteiger partial charge in [-0.1, -0.05) is 0 Å². The molecule has 1 fully saturated rings. The van der Waals surface area contributed by atoms with Gasteiger partial charge in [0.1, 0.15) is 11.1 Å². The van der Waals surface area contributed by atoms with Crippen molar-refractivity contribution < 1.29 is 13.9 Å². The topological polar surface area (TPSA) is 80.5 Å². The zero-order valence-electron chi connectivity index (χ0n) is 13.7. The third-order valence-corrected chi connectivity index (χ3v) is 3.67. The van der Waals surface area contributed by atoms with Crippen LogP contribution in [0.4, 0.5) is 10.8 Å². The minimum absolute atomic E-state index is 0.231. The average molecular weight is 318 g/mol. The molecule has 0 spiro atoms.